The number of rotatable bonds is 1. The molecule has 3 rings (SSSR count). The summed E-state index contributed by atoms with van der Waals surface area (Å²) >= 11 is 0. The Balaban J connectivity index is 2.38. The summed E-state index contributed by atoms with van der Waals surface area (Å²) < 4.78 is 3.42. The fourth-order valence-electron chi connectivity index (χ4n) is 2.10. The largest absolute Gasteiger partial charge is 0.350 e. The minimum absolute atomic E-state index is 0.392. The fourth-order valence-corrected chi connectivity index (χ4v) is 2.10. The molecule has 2 aromatic heterocycles. The molecular weight excluding hydrogens is 230 g/mol. The molecule has 18 heavy (non-hydrogen) atoms. The Bertz CT molecular complexity index is 839. The number of nitrogens with one attached hydrogen (secondary N) is 1. The van der Waals surface area contributed by atoms with Crippen LogP contribution in [0.5, 0.6) is 0 Å². The number of hydrogen-bond donors (Lipinski definition) is 1. The van der Waals surface area contributed by atoms with Gasteiger partial charge in [-0.25, -0.2) is 4.79 Å². The molecule has 0 bridgehead atoms. The van der Waals surface area contributed by atoms with Gasteiger partial charge < -0.3 is 4.57 Å². The summed E-state index contributed by atoms with van der Waals surface area (Å²) in [5, 5.41) is 0.967. The van der Waals surface area contributed by atoms with E-state index >= 15 is 0 Å². The average Bonchev–Trinajstić information content (AvgIpc) is 2.72. The molecule has 5 nitrogen and oxygen atoms in total. The van der Waals surface area contributed by atoms with Crippen LogP contribution in [0.2, 0.25) is 0 Å². The van der Waals surface area contributed by atoms with E-state index in [1.807, 2.05) is 42.1 Å². The van der Waals surface area contributed by atoms with Gasteiger partial charge in [-0.3, -0.25) is 14.3 Å². The van der Waals surface area contributed by atoms with E-state index in [-0.39, 0.29) is 0 Å². The molecular formula is C13H11N3O2. The summed E-state index contributed by atoms with van der Waals surface area (Å²) in [6.07, 6.45) is 3.42. The van der Waals surface area contributed by atoms with Gasteiger partial charge in [0, 0.05) is 36.4 Å². The molecule has 0 saturated heterocycles. The van der Waals surface area contributed by atoms with Gasteiger partial charge in [-0.1, -0.05) is 6.07 Å². The molecule has 3 aromatic rings. The lowest BCUT2D eigenvalue weighted by molar-refractivity contribution is 0.901. The second kappa shape index (κ2) is 3.73. The molecule has 0 aliphatic heterocycles. The van der Waals surface area contributed by atoms with E-state index in [0.717, 1.165) is 16.6 Å². The van der Waals surface area contributed by atoms with Crippen LogP contribution in [0.1, 0.15) is 0 Å². The maximum Gasteiger partial charge on any atom is 0.332 e. The van der Waals surface area contributed by atoms with E-state index in [2.05, 4.69) is 4.98 Å². The van der Waals surface area contributed by atoms with Gasteiger partial charge in [0.25, 0.3) is 5.56 Å². The Morgan fingerprint density at radius 1 is 1.06 bits per heavy atom. The minimum Gasteiger partial charge on any atom is -0.350 e. The zero-order chi connectivity index (χ0) is 12.7. The number of fused-ring (bicyclic) bond motifs is 1. The van der Waals surface area contributed by atoms with Gasteiger partial charge in [-0.05, 0) is 18.2 Å². The Hall–Kier alpha value is -2.56. The summed E-state index contributed by atoms with van der Waals surface area (Å²) in [5.74, 6) is 0. The highest BCUT2D eigenvalue weighted by Gasteiger charge is 2.06. The van der Waals surface area contributed by atoms with E-state index in [0.29, 0.717) is 0 Å². The number of nitrogens with zero attached hydrogens (tertiary/aromatic N) is 2. The zero-order valence-electron chi connectivity index (χ0n) is 9.75. The molecule has 2 heterocycles. The molecule has 0 aliphatic carbocycles. The molecule has 0 saturated carbocycles. The van der Waals surface area contributed by atoms with Gasteiger partial charge in [0.1, 0.15) is 0 Å². The first-order chi connectivity index (χ1) is 8.66. The summed E-state index contributed by atoms with van der Waals surface area (Å²) in [6, 6.07) is 9.00. The first-order valence-electron chi connectivity index (χ1n) is 5.53. The molecule has 0 unspecified atom stereocenters. The standard InChI is InChI=1S/C13H11N3O2/c1-15-7-5-9-10(15)3-2-4-11(9)16-8-6-12(17)14-13(16)18/h2-8H,1H3,(H,14,17,18). The van der Waals surface area contributed by atoms with Crippen molar-refractivity contribution in [1.29, 1.82) is 0 Å². The minimum atomic E-state index is -0.432. The van der Waals surface area contributed by atoms with Crippen LogP contribution in [0.15, 0.2) is 52.3 Å². The predicted molar refractivity (Wildman–Crippen MR) is 69.1 cm³/mol. The average molecular weight is 241 g/mol. The molecule has 0 amide bonds. The highest BCUT2D eigenvalue weighted by molar-refractivity contribution is 5.88. The zero-order valence-corrected chi connectivity index (χ0v) is 9.75. The van der Waals surface area contributed by atoms with Crippen molar-refractivity contribution in [1.82, 2.24) is 14.1 Å². The number of benzene rings is 1. The highest BCUT2D eigenvalue weighted by Crippen LogP contribution is 2.21. The van der Waals surface area contributed by atoms with Crippen molar-refractivity contribution in [2.75, 3.05) is 0 Å². The molecule has 0 spiro atoms. The smallest absolute Gasteiger partial charge is 0.332 e. The lowest BCUT2D eigenvalue weighted by Gasteiger charge is -2.06. The van der Waals surface area contributed by atoms with Crippen LogP contribution in [-0.4, -0.2) is 14.1 Å². The van der Waals surface area contributed by atoms with Crippen LogP contribution in [0.3, 0.4) is 0 Å². The van der Waals surface area contributed by atoms with Crippen molar-refractivity contribution in [3.05, 3.63) is 63.6 Å². The number of H-pyrrole nitrogens is 1. The van der Waals surface area contributed by atoms with Crippen LogP contribution in [0.4, 0.5) is 0 Å². The second-order valence-corrected chi connectivity index (χ2v) is 4.12. The SMILES string of the molecule is Cn1ccc2c(-n3ccc(=O)[nH]c3=O)cccc21. The highest BCUT2D eigenvalue weighted by atomic mass is 16.2. The lowest BCUT2D eigenvalue weighted by Crippen LogP contribution is -2.27. The van der Waals surface area contributed by atoms with Gasteiger partial charge in [0.05, 0.1) is 5.69 Å². The molecule has 0 fully saturated rings. The molecule has 0 aliphatic rings. The van der Waals surface area contributed by atoms with E-state index in [1.165, 1.54) is 16.8 Å². The number of aryl methyl sites for hydroxylation is 1. The van der Waals surface area contributed by atoms with Gasteiger partial charge in [0.15, 0.2) is 0 Å². The first-order valence-corrected chi connectivity index (χ1v) is 5.53. The van der Waals surface area contributed by atoms with Gasteiger partial charge in [-0.15, -0.1) is 0 Å². The van der Waals surface area contributed by atoms with Gasteiger partial charge in [0.2, 0.25) is 0 Å². The van der Waals surface area contributed by atoms with Crippen molar-refractivity contribution in [3.63, 3.8) is 0 Å². The predicted octanol–water partition coefficient (Wildman–Crippen LogP) is 1.02. The second-order valence-electron chi connectivity index (χ2n) is 4.12. The Morgan fingerprint density at radius 2 is 1.89 bits per heavy atom. The normalized spacial score (nSPS) is 10.9. The maximum absolute atomic E-state index is 11.8. The van der Waals surface area contributed by atoms with E-state index in [4.69, 9.17) is 0 Å². The van der Waals surface area contributed by atoms with Crippen molar-refractivity contribution in [3.8, 4) is 5.69 Å². The van der Waals surface area contributed by atoms with Crippen molar-refractivity contribution in [2.24, 2.45) is 7.05 Å². The van der Waals surface area contributed by atoms with Gasteiger partial charge in [-0.2, -0.15) is 0 Å². The van der Waals surface area contributed by atoms with Crippen LogP contribution in [0, 0.1) is 0 Å². The van der Waals surface area contributed by atoms with Crippen molar-refractivity contribution in [2.45, 2.75) is 0 Å². The Labute approximate surface area is 102 Å². The van der Waals surface area contributed by atoms with Crippen LogP contribution >= 0.6 is 0 Å². The van der Waals surface area contributed by atoms with Gasteiger partial charge >= 0.3 is 5.69 Å². The topological polar surface area (TPSA) is 59.8 Å². The summed E-state index contributed by atoms with van der Waals surface area (Å²) in [4.78, 5) is 25.1. The van der Waals surface area contributed by atoms with Crippen LogP contribution in [0.25, 0.3) is 16.6 Å². The molecule has 90 valence electrons. The third kappa shape index (κ3) is 1.48. The molecule has 0 atom stereocenters. The Morgan fingerprint density at radius 3 is 2.67 bits per heavy atom. The number of aromatic nitrogens is 3. The lowest BCUT2D eigenvalue weighted by atomic mass is 10.2. The van der Waals surface area contributed by atoms with E-state index in [1.54, 1.807) is 0 Å². The van der Waals surface area contributed by atoms with E-state index < -0.39 is 11.2 Å². The van der Waals surface area contributed by atoms with Crippen molar-refractivity contribution >= 4 is 10.9 Å². The van der Waals surface area contributed by atoms with Crippen LogP contribution < -0.4 is 11.2 Å². The number of aromatic amines is 1. The molecule has 1 N–H and O–H groups in total. The molecule has 5 heteroatoms. The fraction of sp³-hybridized carbons (Fsp3) is 0.0769. The maximum atomic E-state index is 11.8. The summed E-state index contributed by atoms with van der Waals surface area (Å²) in [5.41, 5.74) is 0.968. The third-order valence-corrected chi connectivity index (χ3v) is 2.99. The van der Waals surface area contributed by atoms with Crippen molar-refractivity contribution < 1.29 is 0 Å². The Kier molecular flexibility index (Phi) is 2.19. The first kappa shape index (κ1) is 10.6. The number of hydrogen-bond acceptors (Lipinski definition) is 2. The summed E-state index contributed by atoms with van der Waals surface area (Å²) in [7, 11) is 1.95. The monoisotopic (exact) mass is 241 g/mol. The third-order valence-electron chi connectivity index (χ3n) is 2.99. The molecule has 0 radical (unpaired) electrons. The van der Waals surface area contributed by atoms with Crippen LogP contribution in [-0.2, 0) is 7.05 Å². The summed E-state index contributed by atoms with van der Waals surface area (Å²) in [6.45, 7) is 0. The quantitative estimate of drug-likeness (QED) is 0.691. The molecule has 1 aromatic carbocycles. The van der Waals surface area contributed by atoms with E-state index in [9.17, 15) is 9.59 Å².